The zero-order valence-electron chi connectivity index (χ0n) is 7.47. The number of piperazine rings is 1. The molecule has 2 fully saturated rings. The number of carboxylic acid groups (broad SMARTS) is 1. The van der Waals surface area contributed by atoms with Crippen LogP contribution in [0.1, 0.15) is 12.8 Å². The Morgan fingerprint density at radius 1 is 1.36 bits per heavy atom. The molecule has 3 amide bonds. The minimum absolute atomic E-state index is 0.0478. The first-order valence-corrected chi connectivity index (χ1v) is 4.45. The van der Waals surface area contributed by atoms with E-state index in [1.54, 1.807) is 0 Å². The highest BCUT2D eigenvalue weighted by Crippen LogP contribution is 2.23. The zero-order chi connectivity index (χ0) is 10.3. The maximum Gasteiger partial charge on any atom is 0.414 e. The van der Waals surface area contributed by atoms with E-state index in [2.05, 4.69) is 0 Å². The van der Waals surface area contributed by atoms with Gasteiger partial charge in [0.15, 0.2) is 0 Å². The first-order chi connectivity index (χ1) is 6.61. The number of nitrogens with zero attached hydrogens (tertiary/aromatic N) is 2. The molecule has 2 heterocycles. The van der Waals surface area contributed by atoms with Crippen LogP contribution in [0.5, 0.6) is 0 Å². The Morgan fingerprint density at radius 3 is 2.71 bits per heavy atom. The summed E-state index contributed by atoms with van der Waals surface area (Å²) >= 11 is 0. The van der Waals surface area contributed by atoms with Crippen molar-refractivity contribution < 1.29 is 19.5 Å². The molecule has 6 heteroatoms. The van der Waals surface area contributed by atoms with Gasteiger partial charge in [-0.2, -0.15) is 0 Å². The Labute approximate surface area is 80.1 Å². The monoisotopic (exact) mass is 198 g/mol. The summed E-state index contributed by atoms with van der Waals surface area (Å²) < 4.78 is 0. The maximum absolute atomic E-state index is 11.5. The summed E-state index contributed by atoms with van der Waals surface area (Å²) in [6.07, 6.45) is -0.431. The lowest BCUT2D eigenvalue weighted by Crippen LogP contribution is -2.56. The Kier molecular flexibility index (Phi) is 1.90. The number of carbonyl (C=O) groups is 3. The van der Waals surface area contributed by atoms with E-state index < -0.39 is 18.0 Å². The van der Waals surface area contributed by atoms with Crippen molar-refractivity contribution in [1.29, 1.82) is 0 Å². The second-order valence-electron chi connectivity index (χ2n) is 3.41. The van der Waals surface area contributed by atoms with Gasteiger partial charge in [-0.15, -0.1) is 0 Å². The van der Waals surface area contributed by atoms with Crippen molar-refractivity contribution >= 4 is 17.9 Å². The lowest BCUT2D eigenvalue weighted by Gasteiger charge is -2.33. The molecule has 76 valence electrons. The van der Waals surface area contributed by atoms with Crippen molar-refractivity contribution in [3.8, 4) is 0 Å². The van der Waals surface area contributed by atoms with Gasteiger partial charge < -0.3 is 10.0 Å². The first kappa shape index (κ1) is 8.98. The van der Waals surface area contributed by atoms with E-state index in [0.717, 1.165) is 4.90 Å². The molecular formula is C8H10N2O4. The lowest BCUT2D eigenvalue weighted by molar-refractivity contribution is -0.144. The van der Waals surface area contributed by atoms with Crippen LogP contribution >= 0.6 is 0 Å². The largest absolute Gasteiger partial charge is 0.465 e. The summed E-state index contributed by atoms with van der Waals surface area (Å²) in [5, 5.41) is 8.70. The van der Waals surface area contributed by atoms with Gasteiger partial charge in [0.1, 0.15) is 6.04 Å². The third-order valence-electron chi connectivity index (χ3n) is 2.67. The standard InChI is InChI=1S/C8H10N2O4/c11-6-2-1-5-7(12)10(8(13)14)4-3-9(5)6/h5H,1-4H2,(H,13,14)/t5-/m0/s1. The van der Waals surface area contributed by atoms with Crippen molar-refractivity contribution in [2.45, 2.75) is 18.9 Å². The van der Waals surface area contributed by atoms with Gasteiger partial charge in [-0.25, -0.2) is 9.69 Å². The zero-order valence-corrected chi connectivity index (χ0v) is 7.47. The molecule has 0 radical (unpaired) electrons. The van der Waals surface area contributed by atoms with Gasteiger partial charge in [-0.3, -0.25) is 9.59 Å². The van der Waals surface area contributed by atoms with Gasteiger partial charge in [0, 0.05) is 19.5 Å². The number of hydrogen-bond donors (Lipinski definition) is 1. The smallest absolute Gasteiger partial charge is 0.414 e. The van der Waals surface area contributed by atoms with Crippen LogP contribution in [0.3, 0.4) is 0 Å². The third-order valence-corrected chi connectivity index (χ3v) is 2.67. The van der Waals surface area contributed by atoms with Gasteiger partial charge in [-0.1, -0.05) is 0 Å². The van der Waals surface area contributed by atoms with Gasteiger partial charge in [0.05, 0.1) is 0 Å². The van der Waals surface area contributed by atoms with Gasteiger partial charge in [-0.05, 0) is 6.42 Å². The summed E-state index contributed by atoms with van der Waals surface area (Å²) in [5.74, 6) is -0.511. The van der Waals surface area contributed by atoms with E-state index in [4.69, 9.17) is 5.11 Å². The van der Waals surface area contributed by atoms with Crippen LogP contribution < -0.4 is 0 Å². The predicted molar refractivity (Wildman–Crippen MR) is 44.5 cm³/mol. The number of rotatable bonds is 0. The van der Waals surface area contributed by atoms with Crippen LogP contribution in [0.15, 0.2) is 0 Å². The van der Waals surface area contributed by atoms with Crippen LogP contribution in [0.4, 0.5) is 4.79 Å². The molecule has 2 aliphatic rings. The Hall–Kier alpha value is -1.59. The minimum Gasteiger partial charge on any atom is -0.465 e. The summed E-state index contributed by atoms with van der Waals surface area (Å²) in [7, 11) is 0. The molecule has 2 aliphatic heterocycles. The van der Waals surface area contributed by atoms with Gasteiger partial charge in [0.2, 0.25) is 5.91 Å². The molecule has 0 aromatic rings. The molecule has 0 aromatic carbocycles. The van der Waals surface area contributed by atoms with Crippen LogP contribution in [0, 0.1) is 0 Å². The van der Waals surface area contributed by atoms with E-state index in [9.17, 15) is 14.4 Å². The highest BCUT2D eigenvalue weighted by atomic mass is 16.4. The molecule has 0 aromatic heterocycles. The minimum atomic E-state index is -1.23. The number of imide groups is 1. The molecule has 0 saturated carbocycles. The second kappa shape index (κ2) is 2.97. The maximum atomic E-state index is 11.5. The number of hydrogen-bond acceptors (Lipinski definition) is 3. The van der Waals surface area contributed by atoms with Crippen molar-refractivity contribution in [3.05, 3.63) is 0 Å². The van der Waals surface area contributed by atoms with Crippen molar-refractivity contribution in [2.24, 2.45) is 0 Å². The molecule has 1 N–H and O–H groups in total. The van der Waals surface area contributed by atoms with Crippen molar-refractivity contribution in [3.63, 3.8) is 0 Å². The molecule has 14 heavy (non-hydrogen) atoms. The Balaban J connectivity index is 2.18. The van der Waals surface area contributed by atoms with E-state index in [1.165, 1.54) is 4.90 Å². The van der Waals surface area contributed by atoms with Crippen LogP contribution in [-0.2, 0) is 9.59 Å². The van der Waals surface area contributed by atoms with Crippen molar-refractivity contribution in [2.75, 3.05) is 13.1 Å². The fourth-order valence-corrected chi connectivity index (χ4v) is 1.96. The van der Waals surface area contributed by atoms with Gasteiger partial charge in [0.25, 0.3) is 5.91 Å². The van der Waals surface area contributed by atoms with Crippen LogP contribution in [0.25, 0.3) is 0 Å². The predicted octanol–water partition coefficient (Wildman–Crippen LogP) is -0.502. The third kappa shape index (κ3) is 1.14. The Morgan fingerprint density at radius 2 is 2.07 bits per heavy atom. The fraction of sp³-hybridized carbons (Fsp3) is 0.625. The van der Waals surface area contributed by atoms with Crippen molar-refractivity contribution in [1.82, 2.24) is 9.80 Å². The molecule has 2 saturated heterocycles. The Bertz CT molecular complexity index is 314. The van der Waals surface area contributed by atoms with Gasteiger partial charge >= 0.3 is 6.09 Å². The van der Waals surface area contributed by atoms with E-state index >= 15 is 0 Å². The molecule has 6 nitrogen and oxygen atoms in total. The lowest BCUT2D eigenvalue weighted by atomic mass is 10.1. The normalized spacial score (nSPS) is 26.7. The summed E-state index contributed by atoms with van der Waals surface area (Å²) in [4.78, 5) is 35.7. The highest BCUT2D eigenvalue weighted by Gasteiger charge is 2.43. The molecular weight excluding hydrogens is 188 g/mol. The van der Waals surface area contributed by atoms with Crippen LogP contribution in [0.2, 0.25) is 0 Å². The van der Waals surface area contributed by atoms with Crippen LogP contribution in [-0.4, -0.2) is 51.9 Å². The molecule has 0 spiro atoms. The first-order valence-electron chi connectivity index (χ1n) is 4.45. The second-order valence-corrected chi connectivity index (χ2v) is 3.41. The number of fused-ring (bicyclic) bond motifs is 1. The van der Waals surface area contributed by atoms with E-state index in [-0.39, 0.29) is 12.5 Å². The molecule has 0 aliphatic carbocycles. The quantitative estimate of drug-likeness (QED) is 0.569. The van der Waals surface area contributed by atoms with E-state index in [1.807, 2.05) is 0 Å². The van der Waals surface area contributed by atoms with E-state index in [0.29, 0.717) is 19.4 Å². The fourth-order valence-electron chi connectivity index (χ4n) is 1.96. The summed E-state index contributed by atoms with van der Waals surface area (Å²) in [6, 6.07) is -0.535. The summed E-state index contributed by atoms with van der Waals surface area (Å²) in [6.45, 7) is 0.429. The topological polar surface area (TPSA) is 77.9 Å². The highest BCUT2D eigenvalue weighted by molar-refractivity contribution is 5.99. The number of amides is 3. The molecule has 0 bridgehead atoms. The SMILES string of the molecule is O=C(O)N1CCN2C(=O)CC[C@H]2C1=O. The summed E-state index contributed by atoms with van der Waals surface area (Å²) in [5.41, 5.74) is 0. The number of carbonyl (C=O) groups excluding carboxylic acids is 2. The average molecular weight is 198 g/mol. The molecule has 2 rings (SSSR count). The molecule has 1 atom stereocenters. The average Bonchev–Trinajstić information content (AvgIpc) is 2.49. The molecule has 0 unspecified atom stereocenters.